The summed E-state index contributed by atoms with van der Waals surface area (Å²) in [7, 11) is 0. The van der Waals surface area contributed by atoms with Crippen molar-refractivity contribution in [3.8, 4) is 16.9 Å². The summed E-state index contributed by atoms with van der Waals surface area (Å²) in [5.74, 6) is 0.406. The van der Waals surface area contributed by atoms with E-state index in [-0.39, 0.29) is 17.7 Å². The first-order valence-electron chi connectivity index (χ1n) is 15.3. The zero-order chi connectivity index (χ0) is 30.3. The van der Waals surface area contributed by atoms with Crippen LogP contribution < -0.4 is 10.5 Å². The third kappa shape index (κ3) is 5.11. The molecule has 0 bridgehead atoms. The van der Waals surface area contributed by atoms with E-state index in [9.17, 15) is 4.79 Å². The zero-order valence-electron chi connectivity index (χ0n) is 26.2. The summed E-state index contributed by atoms with van der Waals surface area (Å²) in [6, 6.07) is 23.6. The van der Waals surface area contributed by atoms with Crippen molar-refractivity contribution in [2.24, 2.45) is 11.1 Å². The van der Waals surface area contributed by atoms with E-state index in [1.165, 1.54) is 22.3 Å². The molecular weight excluding hydrogens is 518 g/mol. The van der Waals surface area contributed by atoms with Crippen molar-refractivity contribution >= 4 is 5.97 Å². The molecule has 2 N–H and O–H groups in total. The van der Waals surface area contributed by atoms with E-state index >= 15 is 0 Å². The van der Waals surface area contributed by atoms with Crippen LogP contribution in [0.3, 0.4) is 0 Å². The monoisotopic (exact) mass is 563 g/mol. The van der Waals surface area contributed by atoms with E-state index in [0.29, 0.717) is 12.2 Å². The summed E-state index contributed by atoms with van der Waals surface area (Å²) < 4.78 is 12.4. The quantitative estimate of drug-likeness (QED) is 0.209. The summed E-state index contributed by atoms with van der Waals surface area (Å²) in [4.78, 5) is 13.1. The minimum atomic E-state index is -0.572. The predicted octanol–water partition coefficient (Wildman–Crippen LogP) is 8.79. The Bertz CT molecular complexity index is 1510. The van der Waals surface area contributed by atoms with Crippen molar-refractivity contribution < 1.29 is 14.3 Å². The number of allylic oxidation sites excluding steroid dienone is 2. The number of benzene rings is 3. The molecular formula is C38H45NO3. The lowest BCUT2D eigenvalue weighted by Gasteiger charge is -2.38. The number of rotatable bonds is 9. The van der Waals surface area contributed by atoms with Gasteiger partial charge in [0.05, 0.1) is 16.4 Å². The zero-order valence-corrected chi connectivity index (χ0v) is 26.2. The Kier molecular flexibility index (Phi) is 7.98. The molecule has 0 aromatic heterocycles. The summed E-state index contributed by atoms with van der Waals surface area (Å²) >= 11 is 0. The molecule has 3 aromatic rings. The lowest BCUT2D eigenvalue weighted by molar-refractivity contribution is -0.144. The van der Waals surface area contributed by atoms with Gasteiger partial charge >= 0.3 is 5.97 Å². The Morgan fingerprint density at radius 3 is 2.12 bits per heavy atom. The molecule has 0 radical (unpaired) electrons. The number of aryl methyl sites for hydroxylation is 1. The highest BCUT2D eigenvalue weighted by Crippen LogP contribution is 2.57. The maximum atomic E-state index is 13.1. The van der Waals surface area contributed by atoms with Crippen LogP contribution in [0.5, 0.6) is 5.75 Å². The molecule has 0 spiro atoms. The highest BCUT2D eigenvalue weighted by atomic mass is 16.5. The Labute approximate surface area is 251 Å². The summed E-state index contributed by atoms with van der Waals surface area (Å²) in [6.45, 7) is 14.4. The van der Waals surface area contributed by atoms with Crippen molar-refractivity contribution in [2.45, 2.75) is 91.3 Å². The molecule has 5 rings (SSSR count). The predicted molar refractivity (Wildman–Crippen MR) is 171 cm³/mol. The van der Waals surface area contributed by atoms with E-state index in [4.69, 9.17) is 15.2 Å². The molecule has 3 aromatic carbocycles. The molecule has 0 saturated carbocycles. The van der Waals surface area contributed by atoms with Gasteiger partial charge in [-0.1, -0.05) is 87.0 Å². The second-order valence-electron chi connectivity index (χ2n) is 13.1. The van der Waals surface area contributed by atoms with Gasteiger partial charge in [-0.05, 0) is 105 Å². The first-order valence-corrected chi connectivity index (χ1v) is 15.3. The average Bonchev–Trinajstić information content (AvgIpc) is 3.26. The molecule has 0 fully saturated rings. The van der Waals surface area contributed by atoms with Crippen LogP contribution in [0.15, 0.2) is 90.2 Å². The Morgan fingerprint density at radius 2 is 1.57 bits per heavy atom. The second kappa shape index (κ2) is 11.2. The molecule has 0 heterocycles. The van der Waals surface area contributed by atoms with Gasteiger partial charge in [0, 0.05) is 5.70 Å². The Balaban J connectivity index is 1.65. The molecule has 1 atom stereocenters. The standard InChI is InChI=1S/C38H45NO3/c1-8-22-36(4,5)35(40)41-33-20-18-26(23-25(33)3)38(27-19-21-34(32(39)24-27)42-37(6,7)9-2)30-16-12-10-14-28(30)29-15-11-13-17-31(29)38/h10-20,23-24,34H,8-9,21-22,39H2,1-7H3. The molecule has 4 heteroatoms. The van der Waals surface area contributed by atoms with E-state index in [1.807, 2.05) is 26.8 Å². The van der Waals surface area contributed by atoms with Gasteiger partial charge in [-0.15, -0.1) is 0 Å². The number of nitrogens with two attached hydrogens (primary N) is 1. The number of carbonyl (C=O) groups is 1. The largest absolute Gasteiger partial charge is 0.426 e. The molecule has 1 unspecified atom stereocenters. The fourth-order valence-corrected chi connectivity index (χ4v) is 6.53. The van der Waals surface area contributed by atoms with Gasteiger partial charge in [0.25, 0.3) is 0 Å². The SMILES string of the molecule is CCCC(C)(C)C(=O)Oc1ccc(C2(C3=CCC(OC(C)(C)CC)C(N)=C3)c3ccccc3-c3ccccc32)cc1C. The van der Waals surface area contributed by atoms with E-state index in [2.05, 4.69) is 101 Å². The molecule has 0 amide bonds. The second-order valence-corrected chi connectivity index (χ2v) is 13.1. The van der Waals surface area contributed by atoms with Crippen LogP contribution in [0, 0.1) is 12.3 Å². The van der Waals surface area contributed by atoms with Gasteiger partial charge in [0.2, 0.25) is 0 Å². The third-order valence-electron chi connectivity index (χ3n) is 9.18. The molecule has 42 heavy (non-hydrogen) atoms. The van der Waals surface area contributed by atoms with Crippen LogP contribution in [-0.2, 0) is 14.9 Å². The lowest BCUT2D eigenvalue weighted by atomic mass is 9.65. The smallest absolute Gasteiger partial charge is 0.316 e. The average molecular weight is 564 g/mol. The number of fused-ring (bicyclic) bond motifs is 3. The van der Waals surface area contributed by atoms with Gasteiger partial charge in [-0.3, -0.25) is 4.79 Å². The summed E-state index contributed by atoms with van der Waals surface area (Å²) in [5, 5.41) is 0. The fraction of sp³-hybridized carbons (Fsp3) is 0.395. The lowest BCUT2D eigenvalue weighted by Crippen LogP contribution is -2.36. The number of carbonyl (C=O) groups excluding carboxylic acids is 1. The maximum absolute atomic E-state index is 13.1. The number of hydrogen-bond donors (Lipinski definition) is 1. The third-order valence-corrected chi connectivity index (χ3v) is 9.18. The van der Waals surface area contributed by atoms with Gasteiger partial charge in [0.15, 0.2) is 0 Å². The van der Waals surface area contributed by atoms with E-state index < -0.39 is 10.8 Å². The first-order chi connectivity index (χ1) is 19.9. The van der Waals surface area contributed by atoms with Crippen LogP contribution >= 0.6 is 0 Å². The molecule has 2 aliphatic carbocycles. The summed E-state index contributed by atoms with van der Waals surface area (Å²) in [5.41, 5.74) is 14.2. The van der Waals surface area contributed by atoms with Crippen molar-refractivity contribution in [3.05, 3.63) is 112 Å². The van der Waals surface area contributed by atoms with Crippen LogP contribution in [0.4, 0.5) is 0 Å². The van der Waals surface area contributed by atoms with Gasteiger partial charge < -0.3 is 15.2 Å². The molecule has 4 nitrogen and oxygen atoms in total. The van der Waals surface area contributed by atoms with Gasteiger partial charge in [0.1, 0.15) is 11.9 Å². The Morgan fingerprint density at radius 1 is 0.952 bits per heavy atom. The summed E-state index contributed by atoms with van der Waals surface area (Å²) in [6.07, 6.45) is 7.59. The molecule has 220 valence electrons. The minimum absolute atomic E-state index is 0.164. The first kappa shape index (κ1) is 29.8. The van der Waals surface area contributed by atoms with Gasteiger partial charge in [-0.25, -0.2) is 0 Å². The van der Waals surface area contributed by atoms with E-state index in [1.54, 1.807) is 0 Å². The topological polar surface area (TPSA) is 61.5 Å². The number of hydrogen-bond acceptors (Lipinski definition) is 4. The van der Waals surface area contributed by atoms with Crippen LogP contribution in [0.25, 0.3) is 11.1 Å². The molecule has 0 saturated heterocycles. The van der Waals surface area contributed by atoms with Crippen LogP contribution in [0.2, 0.25) is 0 Å². The Hall–Kier alpha value is -3.63. The number of esters is 1. The van der Waals surface area contributed by atoms with Crippen LogP contribution in [0.1, 0.15) is 89.5 Å². The molecule has 0 aliphatic heterocycles. The maximum Gasteiger partial charge on any atom is 0.316 e. The van der Waals surface area contributed by atoms with Crippen molar-refractivity contribution in [2.75, 3.05) is 0 Å². The van der Waals surface area contributed by atoms with Gasteiger partial charge in [-0.2, -0.15) is 0 Å². The number of ether oxygens (including phenoxy) is 2. The van der Waals surface area contributed by atoms with Crippen molar-refractivity contribution in [3.63, 3.8) is 0 Å². The van der Waals surface area contributed by atoms with Crippen molar-refractivity contribution in [1.29, 1.82) is 0 Å². The fourth-order valence-electron chi connectivity index (χ4n) is 6.53. The molecule has 2 aliphatic rings. The highest BCUT2D eigenvalue weighted by molar-refractivity contribution is 5.87. The van der Waals surface area contributed by atoms with Crippen LogP contribution in [-0.4, -0.2) is 17.7 Å². The van der Waals surface area contributed by atoms with Crippen molar-refractivity contribution in [1.82, 2.24) is 0 Å². The minimum Gasteiger partial charge on any atom is -0.426 e. The van der Waals surface area contributed by atoms with E-state index in [0.717, 1.165) is 41.7 Å². The normalized spacial score (nSPS) is 17.6. The highest BCUT2D eigenvalue weighted by Gasteiger charge is 2.47.